The van der Waals surface area contributed by atoms with Gasteiger partial charge in [0.25, 0.3) is 0 Å². The van der Waals surface area contributed by atoms with Crippen LogP contribution in [0, 0.1) is 5.92 Å². The summed E-state index contributed by atoms with van der Waals surface area (Å²) in [6, 6.07) is 9.77. The van der Waals surface area contributed by atoms with Gasteiger partial charge in [-0.05, 0) is 54.3 Å². The number of benzene rings is 2. The molecule has 0 fully saturated rings. The molecule has 154 valence electrons. The second kappa shape index (κ2) is 7.35. The Morgan fingerprint density at radius 2 is 1.79 bits per heavy atom. The van der Waals surface area contributed by atoms with Gasteiger partial charge in [0.2, 0.25) is 15.9 Å². The van der Waals surface area contributed by atoms with E-state index in [1.54, 1.807) is 19.1 Å². The van der Waals surface area contributed by atoms with Gasteiger partial charge in [-0.25, -0.2) is 13.1 Å². The van der Waals surface area contributed by atoms with Crippen molar-refractivity contribution in [1.82, 2.24) is 4.72 Å². The predicted molar refractivity (Wildman–Crippen MR) is 109 cm³/mol. The topological polar surface area (TPSA) is 93.7 Å². The van der Waals surface area contributed by atoms with E-state index in [0.29, 0.717) is 36.0 Å². The number of anilines is 1. The molecule has 29 heavy (non-hydrogen) atoms. The van der Waals surface area contributed by atoms with Gasteiger partial charge >= 0.3 is 0 Å². The number of carbonyl (C=O) groups is 1. The molecule has 0 radical (unpaired) electrons. The maximum Gasteiger partial charge on any atom is 0.241 e. The van der Waals surface area contributed by atoms with Crippen molar-refractivity contribution in [3.8, 4) is 11.5 Å². The highest BCUT2D eigenvalue weighted by Crippen LogP contribution is 2.36. The highest BCUT2D eigenvalue weighted by molar-refractivity contribution is 7.89. The molecule has 0 bridgehead atoms. The summed E-state index contributed by atoms with van der Waals surface area (Å²) in [6.07, 6.45) is 0. The predicted octanol–water partition coefficient (Wildman–Crippen LogP) is 3.19. The van der Waals surface area contributed by atoms with E-state index in [2.05, 4.69) is 10.0 Å². The summed E-state index contributed by atoms with van der Waals surface area (Å²) in [5, 5.41) is 2.76. The van der Waals surface area contributed by atoms with E-state index in [4.69, 9.17) is 9.47 Å². The number of fused-ring (bicyclic) bond motifs is 2. The Kier molecular flexibility index (Phi) is 5.00. The van der Waals surface area contributed by atoms with Crippen LogP contribution in [-0.2, 0) is 14.8 Å². The molecular weight excluding hydrogens is 392 g/mol. The lowest BCUT2D eigenvalue weighted by Gasteiger charge is -2.25. The maximum absolute atomic E-state index is 13.1. The van der Waals surface area contributed by atoms with Gasteiger partial charge in [-0.1, -0.05) is 19.9 Å². The van der Waals surface area contributed by atoms with Crippen molar-refractivity contribution >= 4 is 21.6 Å². The van der Waals surface area contributed by atoms with Gasteiger partial charge < -0.3 is 14.8 Å². The minimum Gasteiger partial charge on any atom is -0.486 e. The first-order chi connectivity index (χ1) is 13.8. The lowest BCUT2D eigenvalue weighted by Crippen LogP contribution is -2.32. The normalized spacial score (nSPS) is 19.0. The summed E-state index contributed by atoms with van der Waals surface area (Å²) in [5.41, 5.74) is 2.16. The summed E-state index contributed by atoms with van der Waals surface area (Å²) >= 11 is 0. The first kappa shape index (κ1) is 19.7. The second-order valence-electron chi connectivity index (χ2n) is 7.71. The molecule has 4 rings (SSSR count). The van der Waals surface area contributed by atoms with Crippen LogP contribution in [-0.4, -0.2) is 27.5 Å². The van der Waals surface area contributed by atoms with Gasteiger partial charge in [-0.15, -0.1) is 0 Å². The monoisotopic (exact) mass is 416 g/mol. The molecule has 8 heteroatoms. The summed E-state index contributed by atoms with van der Waals surface area (Å²) in [4.78, 5) is 12.0. The zero-order chi connectivity index (χ0) is 20.8. The molecule has 2 N–H and O–H groups in total. The molecule has 0 spiro atoms. The van der Waals surface area contributed by atoms with Crippen molar-refractivity contribution in [1.29, 1.82) is 0 Å². The molecule has 2 aromatic rings. The van der Waals surface area contributed by atoms with Crippen molar-refractivity contribution in [3.63, 3.8) is 0 Å². The number of hydrogen-bond acceptors (Lipinski definition) is 5. The first-order valence-corrected chi connectivity index (χ1v) is 11.1. The minimum absolute atomic E-state index is 0.00364. The first-order valence-electron chi connectivity index (χ1n) is 9.63. The van der Waals surface area contributed by atoms with Gasteiger partial charge in [0.15, 0.2) is 11.5 Å². The second-order valence-corrected chi connectivity index (χ2v) is 9.42. The fourth-order valence-electron chi connectivity index (χ4n) is 3.64. The van der Waals surface area contributed by atoms with Crippen LogP contribution in [0.1, 0.15) is 43.9 Å². The molecule has 2 aromatic carbocycles. The van der Waals surface area contributed by atoms with Gasteiger partial charge in [0, 0.05) is 11.7 Å². The highest BCUT2D eigenvalue weighted by atomic mass is 32.2. The molecular formula is C21H24N2O5S. The zero-order valence-corrected chi connectivity index (χ0v) is 17.4. The number of sulfonamides is 1. The van der Waals surface area contributed by atoms with Crippen LogP contribution in [0.4, 0.5) is 5.69 Å². The van der Waals surface area contributed by atoms with Gasteiger partial charge in [-0.2, -0.15) is 0 Å². The Morgan fingerprint density at radius 3 is 2.52 bits per heavy atom. The number of hydrogen-bond donors (Lipinski definition) is 2. The van der Waals surface area contributed by atoms with Crippen LogP contribution < -0.4 is 19.5 Å². The van der Waals surface area contributed by atoms with Crippen LogP contribution in [0.2, 0.25) is 0 Å². The molecule has 0 saturated carbocycles. The number of carbonyl (C=O) groups excluding carboxylic acids is 1. The SMILES string of the molecule is CC(C)[C@@H](NS(=O)(=O)c1ccc2c(c1)[C@@H](C)C(=O)N2)c1ccc2c(c1)OCCO2. The third-order valence-corrected chi connectivity index (χ3v) is 6.76. The standard InChI is InChI=1S/C21H24N2O5S/c1-12(2)20(14-4-7-18-19(10-14)28-9-8-27-18)23-29(25,26)15-5-6-17-16(11-15)13(3)21(24)22-17/h4-7,10-13,20,23H,8-9H2,1-3H3,(H,22,24)/t13-,20-/m1/s1. The van der Waals surface area contributed by atoms with E-state index in [1.807, 2.05) is 32.0 Å². The molecule has 2 atom stereocenters. The summed E-state index contributed by atoms with van der Waals surface area (Å²) in [6.45, 7) is 6.64. The van der Waals surface area contributed by atoms with E-state index in [0.717, 1.165) is 5.56 Å². The third kappa shape index (κ3) is 3.70. The fourth-order valence-corrected chi connectivity index (χ4v) is 5.05. The third-order valence-electron chi connectivity index (χ3n) is 5.33. The average molecular weight is 416 g/mol. The molecule has 2 aliphatic heterocycles. The lowest BCUT2D eigenvalue weighted by atomic mass is 9.97. The fraction of sp³-hybridized carbons (Fsp3) is 0.381. The Labute approximate surface area is 170 Å². The van der Waals surface area contributed by atoms with E-state index in [1.165, 1.54) is 6.07 Å². The number of ether oxygens (including phenoxy) is 2. The van der Waals surface area contributed by atoms with E-state index in [9.17, 15) is 13.2 Å². The Morgan fingerprint density at radius 1 is 1.07 bits per heavy atom. The van der Waals surface area contributed by atoms with E-state index in [-0.39, 0.29) is 22.6 Å². The van der Waals surface area contributed by atoms with Crippen LogP contribution in [0.3, 0.4) is 0 Å². The molecule has 0 unspecified atom stereocenters. The zero-order valence-electron chi connectivity index (χ0n) is 16.6. The van der Waals surface area contributed by atoms with E-state index < -0.39 is 16.1 Å². The van der Waals surface area contributed by atoms with Crippen molar-refractivity contribution in [3.05, 3.63) is 47.5 Å². The lowest BCUT2D eigenvalue weighted by molar-refractivity contribution is -0.116. The quantitative estimate of drug-likeness (QED) is 0.781. The van der Waals surface area contributed by atoms with Crippen molar-refractivity contribution in [2.75, 3.05) is 18.5 Å². The molecule has 0 aromatic heterocycles. The van der Waals surface area contributed by atoms with Crippen LogP contribution in [0.25, 0.3) is 0 Å². The Hall–Kier alpha value is -2.58. The number of nitrogens with one attached hydrogen (secondary N) is 2. The minimum atomic E-state index is -3.80. The Bertz CT molecular complexity index is 1060. The largest absolute Gasteiger partial charge is 0.486 e. The van der Waals surface area contributed by atoms with Crippen LogP contribution in [0.5, 0.6) is 11.5 Å². The number of rotatable bonds is 5. The summed E-state index contributed by atoms with van der Waals surface area (Å²) in [5.74, 6) is 0.784. The van der Waals surface area contributed by atoms with Crippen LogP contribution >= 0.6 is 0 Å². The smallest absolute Gasteiger partial charge is 0.241 e. The molecule has 2 aliphatic rings. The van der Waals surface area contributed by atoms with Crippen LogP contribution in [0.15, 0.2) is 41.3 Å². The van der Waals surface area contributed by atoms with Gasteiger partial charge in [0.1, 0.15) is 13.2 Å². The molecule has 7 nitrogen and oxygen atoms in total. The van der Waals surface area contributed by atoms with Gasteiger partial charge in [0.05, 0.1) is 10.8 Å². The molecule has 0 aliphatic carbocycles. The van der Waals surface area contributed by atoms with Crippen molar-refractivity contribution in [2.45, 2.75) is 37.6 Å². The highest BCUT2D eigenvalue weighted by Gasteiger charge is 2.30. The average Bonchev–Trinajstić information content (AvgIpc) is 2.99. The molecule has 1 amide bonds. The number of amides is 1. The van der Waals surface area contributed by atoms with Crippen molar-refractivity contribution in [2.24, 2.45) is 5.92 Å². The maximum atomic E-state index is 13.1. The van der Waals surface area contributed by atoms with E-state index >= 15 is 0 Å². The summed E-state index contributed by atoms with van der Waals surface area (Å²) in [7, 11) is -3.80. The Balaban J connectivity index is 1.64. The van der Waals surface area contributed by atoms with Gasteiger partial charge in [-0.3, -0.25) is 4.79 Å². The molecule has 2 heterocycles. The van der Waals surface area contributed by atoms with Crippen molar-refractivity contribution < 1.29 is 22.7 Å². The summed E-state index contributed by atoms with van der Waals surface area (Å²) < 4.78 is 40.3. The molecule has 0 saturated heterocycles.